The maximum atomic E-state index is 5.84. The zero-order chi connectivity index (χ0) is 9.97. The van der Waals surface area contributed by atoms with Gasteiger partial charge in [-0.1, -0.05) is 35.4 Å². The van der Waals surface area contributed by atoms with Crippen LogP contribution in [-0.2, 0) is 0 Å². The molecular formula is C12H14ClN. The highest BCUT2D eigenvalue weighted by molar-refractivity contribution is 6.30. The van der Waals surface area contributed by atoms with Crippen LogP contribution in [0, 0.1) is 0 Å². The lowest BCUT2D eigenvalue weighted by Crippen LogP contribution is -2.13. The zero-order valence-corrected chi connectivity index (χ0v) is 8.80. The van der Waals surface area contributed by atoms with E-state index in [1.807, 2.05) is 24.3 Å². The molecule has 14 heavy (non-hydrogen) atoms. The number of nitrogens with two attached hydrogens (primary N) is 1. The molecular weight excluding hydrogens is 194 g/mol. The maximum Gasteiger partial charge on any atom is 0.0406 e. The Balaban J connectivity index is 2.13. The lowest BCUT2D eigenvalue weighted by Gasteiger charge is -1.98. The highest BCUT2D eigenvalue weighted by atomic mass is 35.5. The van der Waals surface area contributed by atoms with Gasteiger partial charge in [-0.15, -0.1) is 0 Å². The van der Waals surface area contributed by atoms with E-state index in [-0.39, 0.29) is 0 Å². The average Bonchev–Trinajstić information content (AvgIpc) is 2.56. The monoisotopic (exact) mass is 207 g/mol. The van der Waals surface area contributed by atoms with Crippen LogP contribution in [0.5, 0.6) is 0 Å². The fourth-order valence-corrected chi connectivity index (χ4v) is 1.96. The molecule has 2 N–H and O–H groups in total. The van der Waals surface area contributed by atoms with Crippen LogP contribution < -0.4 is 5.73 Å². The van der Waals surface area contributed by atoms with Crippen molar-refractivity contribution in [3.63, 3.8) is 0 Å². The molecule has 0 spiro atoms. The Morgan fingerprint density at radius 2 is 2.00 bits per heavy atom. The van der Waals surface area contributed by atoms with Crippen LogP contribution in [0.15, 0.2) is 29.8 Å². The molecule has 1 unspecified atom stereocenters. The highest BCUT2D eigenvalue weighted by Crippen LogP contribution is 2.25. The molecule has 2 rings (SSSR count). The van der Waals surface area contributed by atoms with Crippen molar-refractivity contribution in [3.8, 4) is 0 Å². The summed E-state index contributed by atoms with van der Waals surface area (Å²) in [6, 6.07) is 8.29. The number of benzene rings is 1. The van der Waals surface area contributed by atoms with E-state index >= 15 is 0 Å². The molecule has 2 heteroatoms. The van der Waals surface area contributed by atoms with Crippen molar-refractivity contribution in [1.82, 2.24) is 0 Å². The first-order chi connectivity index (χ1) is 6.74. The van der Waals surface area contributed by atoms with Crippen LogP contribution in [0.4, 0.5) is 0 Å². The molecule has 74 valence electrons. The first-order valence-corrected chi connectivity index (χ1v) is 5.32. The smallest absolute Gasteiger partial charge is 0.0406 e. The molecule has 1 nitrogen and oxygen atoms in total. The van der Waals surface area contributed by atoms with Crippen molar-refractivity contribution in [3.05, 3.63) is 40.4 Å². The number of hydrogen-bond acceptors (Lipinski definition) is 1. The maximum absolute atomic E-state index is 5.84. The minimum atomic E-state index is 0.369. The molecule has 0 heterocycles. The summed E-state index contributed by atoms with van der Waals surface area (Å²) < 4.78 is 0. The van der Waals surface area contributed by atoms with Crippen LogP contribution in [0.25, 0.3) is 6.08 Å². The summed E-state index contributed by atoms with van der Waals surface area (Å²) in [4.78, 5) is 0. The van der Waals surface area contributed by atoms with Crippen LogP contribution in [0.1, 0.15) is 24.8 Å². The van der Waals surface area contributed by atoms with Gasteiger partial charge in [0, 0.05) is 11.1 Å². The Kier molecular flexibility index (Phi) is 2.90. The molecule has 1 aliphatic carbocycles. The van der Waals surface area contributed by atoms with Gasteiger partial charge in [-0.3, -0.25) is 0 Å². The molecule has 1 saturated carbocycles. The molecule has 1 atom stereocenters. The summed E-state index contributed by atoms with van der Waals surface area (Å²) in [5, 5.41) is 0.787. The molecule has 0 aliphatic heterocycles. The lowest BCUT2D eigenvalue weighted by molar-refractivity contribution is 0.711. The predicted molar refractivity (Wildman–Crippen MR) is 61.3 cm³/mol. The first-order valence-electron chi connectivity index (χ1n) is 4.94. The number of halogens is 1. The third-order valence-corrected chi connectivity index (χ3v) is 2.85. The zero-order valence-electron chi connectivity index (χ0n) is 8.04. The molecule has 0 saturated heterocycles. The van der Waals surface area contributed by atoms with E-state index in [0.29, 0.717) is 6.04 Å². The Morgan fingerprint density at radius 1 is 1.29 bits per heavy atom. The largest absolute Gasteiger partial charge is 0.327 e. The second-order valence-corrected chi connectivity index (χ2v) is 4.29. The SMILES string of the molecule is NC1CCC(=Cc2ccc(Cl)cc2)C1. The van der Waals surface area contributed by atoms with Gasteiger partial charge in [0.25, 0.3) is 0 Å². The van der Waals surface area contributed by atoms with Crippen molar-refractivity contribution in [1.29, 1.82) is 0 Å². The Hall–Kier alpha value is -0.790. The standard InChI is InChI=1S/C12H14ClN/c13-11-4-1-9(2-5-11)7-10-3-6-12(14)8-10/h1-2,4-5,7,12H,3,6,8,14H2. The van der Waals surface area contributed by atoms with Gasteiger partial charge >= 0.3 is 0 Å². The molecule has 0 aromatic heterocycles. The molecule has 1 aromatic carbocycles. The van der Waals surface area contributed by atoms with Crippen molar-refractivity contribution in [2.24, 2.45) is 5.73 Å². The molecule has 1 aliphatic rings. The fraction of sp³-hybridized carbons (Fsp3) is 0.333. The molecule has 0 amide bonds. The minimum absolute atomic E-state index is 0.369. The van der Waals surface area contributed by atoms with Gasteiger partial charge in [-0.25, -0.2) is 0 Å². The molecule has 0 bridgehead atoms. The average molecular weight is 208 g/mol. The summed E-state index contributed by atoms with van der Waals surface area (Å²) >= 11 is 5.81. The normalized spacial score (nSPS) is 24.4. The van der Waals surface area contributed by atoms with Gasteiger partial charge in [0.05, 0.1) is 0 Å². The predicted octanol–water partition coefficient (Wildman–Crippen LogP) is 3.23. The summed E-state index contributed by atoms with van der Waals surface area (Å²) in [7, 11) is 0. The Labute approximate surface area is 89.6 Å². The van der Waals surface area contributed by atoms with Gasteiger partial charge < -0.3 is 5.73 Å². The number of rotatable bonds is 1. The molecule has 1 fully saturated rings. The summed E-state index contributed by atoms with van der Waals surface area (Å²) in [5.74, 6) is 0. The van der Waals surface area contributed by atoms with Crippen LogP contribution in [0.3, 0.4) is 0 Å². The van der Waals surface area contributed by atoms with Crippen molar-refractivity contribution >= 4 is 17.7 Å². The Bertz CT molecular complexity index is 340. The summed E-state index contributed by atoms with van der Waals surface area (Å²) in [6.07, 6.45) is 5.54. The van der Waals surface area contributed by atoms with Gasteiger partial charge in [0.2, 0.25) is 0 Å². The summed E-state index contributed by atoms with van der Waals surface area (Å²) in [5.41, 5.74) is 8.52. The van der Waals surface area contributed by atoms with E-state index in [2.05, 4.69) is 6.08 Å². The highest BCUT2D eigenvalue weighted by Gasteiger charge is 2.14. The number of hydrogen-bond donors (Lipinski definition) is 1. The molecule has 0 radical (unpaired) electrons. The van der Waals surface area contributed by atoms with E-state index in [1.165, 1.54) is 11.1 Å². The van der Waals surface area contributed by atoms with Crippen LogP contribution in [-0.4, -0.2) is 6.04 Å². The second-order valence-electron chi connectivity index (χ2n) is 3.86. The van der Waals surface area contributed by atoms with Crippen molar-refractivity contribution in [2.75, 3.05) is 0 Å². The van der Waals surface area contributed by atoms with Crippen molar-refractivity contribution < 1.29 is 0 Å². The van der Waals surface area contributed by atoms with Gasteiger partial charge in [-0.2, -0.15) is 0 Å². The quantitative estimate of drug-likeness (QED) is 0.752. The summed E-state index contributed by atoms with van der Waals surface area (Å²) in [6.45, 7) is 0. The van der Waals surface area contributed by atoms with E-state index in [9.17, 15) is 0 Å². The van der Waals surface area contributed by atoms with Crippen LogP contribution >= 0.6 is 11.6 Å². The van der Waals surface area contributed by atoms with E-state index in [0.717, 1.165) is 24.3 Å². The Morgan fingerprint density at radius 3 is 2.57 bits per heavy atom. The lowest BCUT2D eigenvalue weighted by atomic mass is 10.1. The first kappa shape index (κ1) is 9.75. The third kappa shape index (κ3) is 2.37. The topological polar surface area (TPSA) is 26.0 Å². The third-order valence-electron chi connectivity index (χ3n) is 2.60. The van der Waals surface area contributed by atoms with Crippen molar-refractivity contribution in [2.45, 2.75) is 25.3 Å². The minimum Gasteiger partial charge on any atom is -0.327 e. The second kappa shape index (κ2) is 4.16. The van der Waals surface area contributed by atoms with E-state index in [4.69, 9.17) is 17.3 Å². The van der Waals surface area contributed by atoms with E-state index < -0.39 is 0 Å². The van der Waals surface area contributed by atoms with Gasteiger partial charge in [0.1, 0.15) is 0 Å². The van der Waals surface area contributed by atoms with Gasteiger partial charge in [-0.05, 0) is 37.0 Å². The fourth-order valence-electron chi connectivity index (χ4n) is 1.84. The molecule has 1 aromatic rings. The van der Waals surface area contributed by atoms with Crippen LogP contribution in [0.2, 0.25) is 5.02 Å². The van der Waals surface area contributed by atoms with Gasteiger partial charge in [0.15, 0.2) is 0 Å². The van der Waals surface area contributed by atoms with E-state index in [1.54, 1.807) is 0 Å².